The van der Waals surface area contributed by atoms with E-state index in [0.29, 0.717) is 18.1 Å². The first-order chi connectivity index (χ1) is 19.5. The van der Waals surface area contributed by atoms with Crippen LogP contribution in [0.2, 0.25) is 0 Å². The van der Waals surface area contributed by atoms with Crippen LogP contribution in [0.15, 0.2) is 65.8 Å². The van der Waals surface area contributed by atoms with Gasteiger partial charge in [0.25, 0.3) is 5.91 Å². The Morgan fingerprint density at radius 1 is 0.875 bits per heavy atom. The minimum atomic E-state index is 0.0979. The number of hydrogen-bond donors (Lipinski definition) is 0. The summed E-state index contributed by atoms with van der Waals surface area (Å²) < 4.78 is 5.26. The fourth-order valence-corrected chi connectivity index (χ4v) is 6.15. The van der Waals surface area contributed by atoms with Crippen molar-refractivity contribution in [3.63, 3.8) is 0 Å². The van der Waals surface area contributed by atoms with E-state index in [0.717, 1.165) is 82.3 Å². The van der Waals surface area contributed by atoms with Gasteiger partial charge < -0.3 is 9.64 Å². The molecule has 2 aromatic carbocycles. The van der Waals surface area contributed by atoms with Gasteiger partial charge in [-0.25, -0.2) is 4.99 Å². The Labute approximate surface area is 237 Å². The standard InChI is InChI=1S/C33H39N5O2/c1-24-3-4-26(21-34-24)23-36-13-11-27(12-14-36)28-7-10-31-29(19-28)20-32(35-31)33(39)38-17-15-37(16-18-38)22-25-5-8-30(40-2)9-6-25/h3-10,19,21,27H,11-18,20,22-23H2,1-2H3. The molecule has 208 valence electrons. The second-order valence-electron chi connectivity index (χ2n) is 11.4. The number of aromatic nitrogens is 1. The van der Waals surface area contributed by atoms with Crippen LogP contribution in [0.1, 0.15) is 46.7 Å². The molecule has 7 heteroatoms. The molecule has 0 unspecified atom stereocenters. The first-order valence-electron chi connectivity index (χ1n) is 14.5. The van der Waals surface area contributed by atoms with Gasteiger partial charge in [-0.2, -0.15) is 0 Å². The Hall–Kier alpha value is -3.55. The molecule has 1 aromatic heterocycles. The number of carbonyl (C=O) groups is 1. The summed E-state index contributed by atoms with van der Waals surface area (Å²) in [6.07, 6.45) is 4.97. The normalized spacial score (nSPS) is 18.4. The minimum Gasteiger partial charge on any atom is -0.497 e. The van der Waals surface area contributed by atoms with Crippen LogP contribution in [0.4, 0.5) is 5.69 Å². The predicted molar refractivity (Wildman–Crippen MR) is 158 cm³/mol. The monoisotopic (exact) mass is 537 g/mol. The van der Waals surface area contributed by atoms with E-state index in [2.05, 4.69) is 57.2 Å². The average molecular weight is 538 g/mol. The Morgan fingerprint density at radius 3 is 2.27 bits per heavy atom. The van der Waals surface area contributed by atoms with E-state index in [1.165, 1.54) is 22.3 Å². The van der Waals surface area contributed by atoms with Crippen molar-refractivity contribution in [2.24, 2.45) is 4.99 Å². The number of hydrogen-bond acceptors (Lipinski definition) is 6. The number of likely N-dealkylation sites (tertiary alicyclic amines) is 1. The van der Waals surface area contributed by atoms with E-state index in [4.69, 9.17) is 9.73 Å². The van der Waals surface area contributed by atoms with Gasteiger partial charge in [-0.05, 0) is 85.3 Å². The molecule has 3 aromatic rings. The van der Waals surface area contributed by atoms with Gasteiger partial charge in [0.2, 0.25) is 0 Å². The van der Waals surface area contributed by atoms with E-state index in [1.54, 1.807) is 7.11 Å². The Balaban J connectivity index is 0.986. The molecule has 40 heavy (non-hydrogen) atoms. The maximum atomic E-state index is 13.3. The number of rotatable bonds is 7. The lowest BCUT2D eigenvalue weighted by molar-refractivity contribution is -0.125. The highest BCUT2D eigenvalue weighted by Crippen LogP contribution is 2.34. The zero-order chi connectivity index (χ0) is 27.5. The summed E-state index contributed by atoms with van der Waals surface area (Å²) in [5.74, 6) is 1.54. The van der Waals surface area contributed by atoms with Crippen LogP contribution in [-0.4, -0.2) is 77.7 Å². The fourth-order valence-electron chi connectivity index (χ4n) is 6.15. The van der Waals surface area contributed by atoms with Crippen molar-refractivity contribution >= 4 is 17.3 Å². The highest BCUT2D eigenvalue weighted by molar-refractivity contribution is 6.40. The highest BCUT2D eigenvalue weighted by Gasteiger charge is 2.29. The lowest BCUT2D eigenvalue weighted by atomic mass is 9.88. The molecule has 2 saturated heterocycles. The summed E-state index contributed by atoms with van der Waals surface area (Å²) in [6.45, 7) is 9.33. The van der Waals surface area contributed by atoms with Crippen LogP contribution in [0, 0.1) is 6.92 Å². The molecule has 0 aliphatic carbocycles. The van der Waals surface area contributed by atoms with Crippen LogP contribution in [-0.2, 0) is 24.3 Å². The summed E-state index contributed by atoms with van der Waals surface area (Å²) in [6, 6.07) is 19.2. The van der Waals surface area contributed by atoms with E-state index >= 15 is 0 Å². The number of amides is 1. The number of ether oxygens (including phenoxy) is 1. The van der Waals surface area contributed by atoms with Crippen LogP contribution >= 0.6 is 0 Å². The Kier molecular flexibility index (Phi) is 7.93. The highest BCUT2D eigenvalue weighted by atomic mass is 16.5. The second kappa shape index (κ2) is 11.9. The zero-order valence-corrected chi connectivity index (χ0v) is 23.7. The number of pyridine rings is 1. The van der Waals surface area contributed by atoms with Crippen molar-refractivity contribution in [1.82, 2.24) is 19.7 Å². The second-order valence-corrected chi connectivity index (χ2v) is 11.4. The lowest BCUT2D eigenvalue weighted by Crippen LogP contribution is -2.50. The van der Waals surface area contributed by atoms with Gasteiger partial charge >= 0.3 is 0 Å². The molecular weight excluding hydrogens is 498 g/mol. The van der Waals surface area contributed by atoms with Crippen LogP contribution in [0.3, 0.4) is 0 Å². The van der Waals surface area contributed by atoms with Crippen molar-refractivity contribution in [1.29, 1.82) is 0 Å². The number of aryl methyl sites for hydroxylation is 1. The molecule has 6 rings (SSSR count). The molecule has 7 nitrogen and oxygen atoms in total. The number of piperidine rings is 1. The van der Waals surface area contributed by atoms with Crippen molar-refractivity contribution < 1.29 is 9.53 Å². The quantitative estimate of drug-likeness (QED) is 0.435. The van der Waals surface area contributed by atoms with Gasteiger partial charge in [-0.15, -0.1) is 0 Å². The number of methoxy groups -OCH3 is 1. The fraction of sp³-hybridized carbons (Fsp3) is 0.424. The number of aliphatic imine (C=N–C) groups is 1. The lowest BCUT2D eigenvalue weighted by Gasteiger charge is -2.34. The molecule has 0 spiro atoms. The van der Waals surface area contributed by atoms with Gasteiger partial charge in [-0.3, -0.25) is 19.6 Å². The minimum absolute atomic E-state index is 0.0979. The molecule has 0 saturated carbocycles. The van der Waals surface area contributed by atoms with Crippen molar-refractivity contribution in [3.05, 3.63) is 88.7 Å². The maximum Gasteiger partial charge on any atom is 0.268 e. The largest absolute Gasteiger partial charge is 0.497 e. The zero-order valence-electron chi connectivity index (χ0n) is 23.7. The van der Waals surface area contributed by atoms with Crippen LogP contribution in [0.25, 0.3) is 0 Å². The molecule has 0 atom stereocenters. The topological polar surface area (TPSA) is 61.3 Å². The molecule has 3 aliphatic heterocycles. The third-order valence-corrected chi connectivity index (χ3v) is 8.63. The van der Waals surface area contributed by atoms with Gasteiger partial charge in [0.15, 0.2) is 0 Å². The first kappa shape index (κ1) is 26.7. The third-order valence-electron chi connectivity index (χ3n) is 8.63. The first-order valence-corrected chi connectivity index (χ1v) is 14.5. The molecular formula is C33H39N5O2. The van der Waals surface area contributed by atoms with Crippen molar-refractivity contribution in [3.8, 4) is 5.75 Å². The Bertz CT molecular complexity index is 1350. The van der Waals surface area contributed by atoms with Gasteiger partial charge in [-0.1, -0.05) is 30.3 Å². The van der Waals surface area contributed by atoms with Gasteiger partial charge in [0.05, 0.1) is 12.8 Å². The SMILES string of the molecule is COc1ccc(CN2CCN(C(=O)C3=Nc4ccc(C5CCN(Cc6ccc(C)nc6)CC5)cc4C3)CC2)cc1. The smallest absolute Gasteiger partial charge is 0.268 e. The summed E-state index contributed by atoms with van der Waals surface area (Å²) in [7, 11) is 1.69. The molecule has 1 amide bonds. The average Bonchev–Trinajstić information content (AvgIpc) is 3.43. The summed E-state index contributed by atoms with van der Waals surface area (Å²) in [4.78, 5) is 29.5. The van der Waals surface area contributed by atoms with Crippen LogP contribution < -0.4 is 4.74 Å². The summed E-state index contributed by atoms with van der Waals surface area (Å²) in [5, 5.41) is 0. The number of carbonyl (C=O) groups excluding carboxylic acids is 1. The molecule has 4 heterocycles. The van der Waals surface area contributed by atoms with E-state index in [1.807, 2.05) is 30.2 Å². The number of piperazine rings is 1. The third kappa shape index (κ3) is 6.11. The number of nitrogens with zero attached hydrogens (tertiary/aromatic N) is 5. The molecule has 2 fully saturated rings. The van der Waals surface area contributed by atoms with Crippen molar-refractivity contribution in [2.75, 3.05) is 46.4 Å². The van der Waals surface area contributed by atoms with Crippen LogP contribution in [0.5, 0.6) is 5.75 Å². The summed E-state index contributed by atoms with van der Waals surface area (Å²) >= 11 is 0. The van der Waals surface area contributed by atoms with Crippen molar-refractivity contribution in [2.45, 2.75) is 45.2 Å². The molecule has 0 radical (unpaired) electrons. The molecule has 0 N–H and O–H groups in total. The number of fused-ring (bicyclic) bond motifs is 1. The number of benzene rings is 2. The van der Waals surface area contributed by atoms with Gasteiger partial charge in [0.1, 0.15) is 11.5 Å². The van der Waals surface area contributed by atoms with Gasteiger partial charge in [0, 0.05) is 57.6 Å². The molecule has 3 aliphatic rings. The maximum absolute atomic E-state index is 13.3. The van der Waals surface area contributed by atoms with E-state index in [-0.39, 0.29) is 5.91 Å². The Morgan fingerprint density at radius 2 is 1.57 bits per heavy atom. The summed E-state index contributed by atoms with van der Waals surface area (Å²) in [5.41, 5.74) is 7.87. The van der Waals surface area contributed by atoms with E-state index < -0.39 is 0 Å². The van der Waals surface area contributed by atoms with E-state index in [9.17, 15) is 4.79 Å². The molecule has 0 bridgehead atoms. The predicted octanol–water partition coefficient (Wildman–Crippen LogP) is 4.75.